The van der Waals surface area contributed by atoms with Crippen LogP contribution in [0.4, 0.5) is 4.79 Å². The normalized spacial score (nSPS) is 11.4. The van der Waals surface area contributed by atoms with Gasteiger partial charge < -0.3 is 20.1 Å². The third-order valence-electron chi connectivity index (χ3n) is 2.15. The number of carbonyl (C=O) groups excluding carboxylic acids is 1. The zero-order valence-electron chi connectivity index (χ0n) is 11.8. The summed E-state index contributed by atoms with van der Waals surface area (Å²) < 4.78 is 5.00. The van der Waals surface area contributed by atoms with Gasteiger partial charge in [0.05, 0.1) is 12.1 Å². The molecule has 2 N–H and O–H groups in total. The van der Waals surface area contributed by atoms with E-state index < -0.39 is 11.5 Å². The Labute approximate surface area is 108 Å². The molecule has 0 aromatic rings. The first kappa shape index (κ1) is 16.7. The van der Waals surface area contributed by atoms with Crippen molar-refractivity contribution in [2.24, 2.45) is 5.92 Å². The van der Waals surface area contributed by atoms with E-state index in [1.807, 2.05) is 27.7 Å². The molecule has 0 aliphatic carbocycles. The molecular weight excluding hydrogens is 236 g/mol. The van der Waals surface area contributed by atoms with Gasteiger partial charge in [-0.25, -0.2) is 4.79 Å². The number of urea groups is 1. The second kappa shape index (κ2) is 7.20. The van der Waals surface area contributed by atoms with Crippen LogP contribution in [0.1, 0.15) is 27.7 Å². The van der Waals surface area contributed by atoms with Crippen LogP contribution in [0, 0.1) is 5.92 Å². The molecule has 0 heterocycles. The third kappa shape index (κ3) is 7.11. The van der Waals surface area contributed by atoms with Gasteiger partial charge in [0.1, 0.15) is 6.54 Å². The van der Waals surface area contributed by atoms with Crippen LogP contribution in [-0.4, -0.2) is 54.4 Å². The Bertz CT molecular complexity index is 290. The number of nitrogens with zero attached hydrogens (tertiary/aromatic N) is 1. The Morgan fingerprint density at radius 2 is 1.94 bits per heavy atom. The fraction of sp³-hybridized carbons (Fsp3) is 0.833. The highest BCUT2D eigenvalue weighted by molar-refractivity contribution is 5.80. The maximum Gasteiger partial charge on any atom is 0.323 e. The van der Waals surface area contributed by atoms with E-state index in [9.17, 15) is 9.59 Å². The highest BCUT2D eigenvalue weighted by atomic mass is 16.5. The summed E-state index contributed by atoms with van der Waals surface area (Å²) in [6, 6.07) is -0.381. The topological polar surface area (TPSA) is 78.9 Å². The lowest BCUT2D eigenvalue weighted by Gasteiger charge is -2.30. The molecule has 0 spiro atoms. The largest absolute Gasteiger partial charge is 0.480 e. The lowest BCUT2D eigenvalue weighted by Crippen LogP contribution is -2.53. The van der Waals surface area contributed by atoms with E-state index in [1.54, 1.807) is 7.11 Å². The molecule has 0 aromatic heterocycles. The standard InChI is InChI=1S/C12H24N2O4/c1-9(2)6-14(7-10(15)16)11(17)13-12(3,4)8-18-5/h9H,6-8H2,1-5H3,(H,13,17)(H,15,16). The van der Waals surface area contributed by atoms with Crippen LogP contribution < -0.4 is 5.32 Å². The summed E-state index contributed by atoms with van der Waals surface area (Å²) in [5.41, 5.74) is -0.528. The summed E-state index contributed by atoms with van der Waals surface area (Å²) in [6.45, 7) is 7.98. The number of aliphatic carboxylic acids is 1. The minimum atomic E-state index is -1.02. The molecule has 0 aliphatic rings. The van der Waals surface area contributed by atoms with Gasteiger partial charge in [0, 0.05) is 13.7 Å². The molecule has 0 saturated heterocycles. The summed E-state index contributed by atoms with van der Waals surface area (Å²) in [4.78, 5) is 24.0. The predicted molar refractivity (Wildman–Crippen MR) is 68.5 cm³/mol. The Hall–Kier alpha value is -1.30. The van der Waals surface area contributed by atoms with E-state index in [1.165, 1.54) is 4.90 Å². The van der Waals surface area contributed by atoms with E-state index in [0.29, 0.717) is 13.2 Å². The Morgan fingerprint density at radius 1 is 1.39 bits per heavy atom. The van der Waals surface area contributed by atoms with Crippen LogP contribution in [0.2, 0.25) is 0 Å². The first-order valence-corrected chi connectivity index (χ1v) is 5.95. The van der Waals surface area contributed by atoms with Crippen LogP contribution in [-0.2, 0) is 9.53 Å². The van der Waals surface area contributed by atoms with Crippen LogP contribution in [0.5, 0.6) is 0 Å². The molecule has 106 valence electrons. The molecule has 6 heteroatoms. The summed E-state index contributed by atoms with van der Waals surface area (Å²) in [6.07, 6.45) is 0. The minimum absolute atomic E-state index is 0.209. The summed E-state index contributed by atoms with van der Waals surface area (Å²) in [5.74, 6) is -0.809. The zero-order chi connectivity index (χ0) is 14.3. The molecular formula is C12H24N2O4. The molecule has 6 nitrogen and oxygen atoms in total. The zero-order valence-corrected chi connectivity index (χ0v) is 11.8. The number of rotatable bonds is 7. The molecule has 0 bridgehead atoms. The van der Waals surface area contributed by atoms with Crippen LogP contribution >= 0.6 is 0 Å². The minimum Gasteiger partial charge on any atom is -0.480 e. The highest BCUT2D eigenvalue weighted by Gasteiger charge is 2.25. The molecule has 0 aliphatic heterocycles. The number of nitrogens with one attached hydrogen (secondary N) is 1. The SMILES string of the molecule is COCC(C)(C)NC(=O)N(CC(=O)O)CC(C)C. The Morgan fingerprint density at radius 3 is 2.33 bits per heavy atom. The lowest BCUT2D eigenvalue weighted by atomic mass is 10.1. The lowest BCUT2D eigenvalue weighted by molar-refractivity contribution is -0.137. The smallest absolute Gasteiger partial charge is 0.323 e. The van der Waals surface area contributed by atoms with Crippen molar-refractivity contribution in [3.05, 3.63) is 0 Å². The molecule has 18 heavy (non-hydrogen) atoms. The molecule has 2 amide bonds. The molecule has 0 radical (unpaired) electrons. The number of carbonyl (C=O) groups is 2. The van der Waals surface area contributed by atoms with E-state index in [2.05, 4.69) is 5.32 Å². The average Bonchev–Trinajstić information content (AvgIpc) is 2.13. The molecule has 0 atom stereocenters. The number of amides is 2. The van der Waals surface area contributed by atoms with E-state index in [4.69, 9.17) is 9.84 Å². The van der Waals surface area contributed by atoms with Gasteiger partial charge in [0.15, 0.2) is 0 Å². The van der Waals surface area contributed by atoms with E-state index in [0.717, 1.165) is 0 Å². The van der Waals surface area contributed by atoms with Crippen molar-refractivity contribution in [3.8, 4) is 0 Å². The van der Waals surface area contributed by atoms with Crippen molar-refractivity contribution < 1.29 is 19.4 Å². The first-order chi connectivity index (χ1) is 8.18. The first-order valence-electron chi connectivity index (χ1n) is 5.95. The van der Waals surface area contributed by atoms with Crippen molar-refractivity contribution >= 4 is 12.0 Å². The van der Waals surface area contributed by atoms with Gasteiger partial charge in [-0.15, -0.1) is 0 Å². The van der Waals surface area contributed by atoms with Gasteiger partial charge in [-0.1, -0.05) is 13.8 Å². The second-order valence-electron chi connectivity index (χ2n) is 5.42. The molecule has 0 unspecified atom stereocenters. The third-order valence-corrected chi connectivity index (χ3v) is 2.15. The Balaban J connectivity index is 4.59. The highest BCUT2D eigenvalue weighted by Crippen LogP contribution is 2.05. The maximum absolute atomic E-state index is 12.0. The predicted octanol–water partition coefficient (Wildman–Crippen LogP) is 1.16. The quantitative estimate of drug-likeness (QED) is 0.720. The summed E-state index contributed by atoms with van der Waals surface area (Å²) in [5, 5.41) is 11.6. The van der Waals surface area contributed by atoms with Crippen LogP contribution in [0.3, 0.4) is 0 Å². The fourth-order valence-electron chi connectivity index (χ4n) is 1.59. The van der Waals surface area contributed by atoms with Crippen molar-refractivity contribution in [2.45, 2.75) is 33.2 Å². The molecule has 0 fully saturated rings. The number of carboxylic acid groups (broad SMARTS) is 1. The monoisotopic (exact) mass is 260 g/mol. The van der Waals surface area contributed by atoms with Gasteiger partial charge in [-0.3, -0.25) is 4.79 Å². The maximum atomic E-state index is 12.0. The molecule has 0 saturated carbocycles. The second-order valence-corrected chi connectivity index (χ2v) is 5.42. The van der Waals surface area contributed by atoms with E-state index >= 15 is 0 Å². The van der Waals surface area contributed by atoms with Gasteiger partial charge in [0.2, 0.25) is 0 Å². The number of methoxy groups -OCH3 is 1. The van der Waals surface area contributed by atoms with Gasteiger partial charge in [-0.05, 0) is 19.8 Å². The van der Waals surface area contributed by atoms with Crippen LogP contribution in [0.25, 0.3) is 0 Å². The van der Waals surface area contributed by atoms with Crippen LogP contribution in [0.15, 0.2) is 0 Å². The van der Waals surface area contributed by atoms with Gasteiger partial charge >= 0.3 is 12.0 Å². The Kier molecular flexibility index (Phi) is 6.68. The van der Waals surface area contributed by atoms with E-state index in [-0.39, 0.29) is 18.5 Å². The average molecular weight is 260 g/mol. The number of hydrogen-bond acceptors (Lipinski definition) is 3. The van der Waals surface area contributed by atoms with Crippen molar-refractivity contribution in [3.63, 3.8) is 0 Å². The van der Waals surface area contributed by atoms with Crippen molar-refractivity contribution in [1.82, 2.24) is 10.2 Å². The van der Waals surface area contributed by atoms with Crippen molar-refractivity contribution in [1.29, 1.82) is 0 Å². The summed E-state index contributed by atoms with van der Waals surface area (Å²) >= 11 is 0. The number of ether oxygens (including phenoxy) is 1. The van der Waals surface area contributed by atoms with Crippen molar-refractivity contribution in [2.75, 3.05) is 26.8 Å². The summed E-state index contributed by atoms with van der Waals surface area (Å²) in [7, 11) is 1.55. The number of hydrogen-bond donors (Lipinski definition) is 2. The molecule has 0 aromatic carbocycles. The number of carboxylic acids is 1. The fourth-order valence-corrected chi connectivity index (χ4v) is 1.59. The van der Waals surface area contributed by atoms with Gasteiger partial charge in [0.25, 0.3) is 0 Å². The molecule has 0 rings (SSSR count). The van der Waals surface area contributed by atoms with Gasteiger partial charge in [-0.2, -0.15) is 0 Å².